The number of aromatic nitrogens is 6. The Balaban J connectivity index is 2.06. The molecule has 0 aromatic carbocycles. The summed E-state index contributed by atoms with van der Waals surface area (Å²) in [5.41, 5.74) is 1.02. The minimum atomic E-state index is -0.0774. The third kappa shape index (κ3) is 2.25. The molecule has 7 heteroatoms. The smallest absolute Gasteiger partial charge is 0.223 e. The highest BCUT2D eigenvalue weighted by atomic mass is 15.5. The third-order valence-electron chi connectivity index (χ3n) is 1.88. The fourth-order valence-corrected chi connectivity index (χ4v) is 1.08. The molecule has 0 radical (unpaired) electrons. The van der Waals surface area contributed by atoms with Crippen LogP contribution in [-0.4, -0.2) is 30.6 Å². The standard InChI is InChI=1S/C8H11N7/c1-5-3-9-8(10-4-5)11-6(2)7-12-14-15-13-7/h3-4,6H,1-2H3,(H,9,10,11)(H,12,13,14,15). The number of nitrogens with one attached hydrogen (secondary N) is 2. The highest BCUT2D eigenvalue weighted by Crippen LogP contribution is 2.10. The summed E-state index contributed by atoms with van der Waals surface area (Å²) in [7, 11) is 0. The van der Waals surface area contributed by atoms with E-state index in [-0.39, 0.29) is 6.04 Å². The third-order valence-corrected chi connectivity index (χ3v) is 1.88. The summed E-state index contributed by atoms with van der Waals surface area (Å²) in [6.45, 7) is 3.85. The second-order valence-electron chi connectivity index (χ2n) is 3.22. The van der Waals surface area contributed by atoms with Gasteiger partial charge in [0, 0.05) is 12.4 Å². The van der Waals surface area contributed by atoms with Crippen LogP contribution in [0, 0.1) is 6.92 Å². The van der Waals surface area contributed by atoms with Crippen LogP contribution in [0.25, 0.3) is 0 Å². The Morgan fingerprint density at radius 3 is 2.67 bits per heavy atom. The summed E-state index contributed by atoms with van der Waals surface area (Å²) in [6.07, 6.45) is 3.50. The molecule has 0 fully saturated rings. The minimum absolute atomic E-state index is 0.0774. The van der Waals surface area contributed by atoms with Crippen LogP contribution in [0.2, 0.25) is 0 Å². The Morgan fingerprint density at radius 2 is 2.07 bits per heavy atom. The van der Waals surface area contributed by atoms with E-state index < -0.39 is 0 Å². The molecule has 2 heterocycles. The van der Waals surface area contributed by atoms with Gasteiger partial charge in [0.1, 0.15) is 0 Å². The number of rotatable bonds is 3. The van der Waals surface area contributed by atoms with Gasteiger partial charge in [-0.15, -0.1) is 10.2 Å². The van der Waals surface area contributed by atoms with Gasteiger partial charge in [-0.25, -0.2) is 9.97 Å². The average Bonchev–Trinajstić information content (AvgIpc) is 2.74. The Kier molecular flexibility index (Phi) is 2.53. The van der Waals surface area contributed by atoms with Gasteiger partial charge in [-0.3, -0.25) is 0 Å². The van der Waals surface area contributed by atoms with E-state index in [0.29, 0.717) is 11.8 Å². The molecule has 1 unspecified atom stereocenters. The molecule has 0 spiro atoms. The maximum Gasteiger partial charge on any atom is 0.223 e. The van der Waals surface area contributed by atoms with E-state index in [2.05, 4.69) is 35.9 Å². The molecule has 15 heavy (non-hydrogen) atoms. The first-order valence-corrected chi connectivity index (χ1v) is 4.54. The van der Waals surface area contributed by atoms with Crippen molar-refractivity contribution in [3.05, 3.63) is 23.8 Å². The largest absolute Gasteiger partial charge is 0.344 e. The molecule has 2 aromatic heterocycles. The van der Waals surface area contributed by atoms with E-state index in [0.717, 1.165) is 5.56 Å². The van der Waals surface area contributed by atoms with Crippen LogP contribution in [0.5, 0.6) is 0 Å². The van der Waals surface area contributed by atoms with Gasteiger partial charge < -0.3 is 5.32 Å². The van der Waals surface area contributed by atoms with E-state index in [1.165, 1.54) is 0 Å². The number of hydrogen-bond donors (Lipinski definition) is 2. The zero-order valence-electron chi connectivity index (χ0n) is 8.47. The molecule has 0 amide bonds. The van der Waals surface area contributed by atoms with Gasteiger partial charge in [0.2, 0.25) is 5.95 Å². The molecular weight excluding hydrogens is 194 g/mol. The molecule has 1 atom stereocenters. The van der Waals surface area contributed by atoms with Crippen LogP contribution < -0.4 is 5.32 Å². The molecule has 2 aromatic rings. The van der Waals surface area contributed by atoms with Gasteiger partial charge in [-0.05, 0) is 19.4 Å². The van der Waals surface area contributed by atoms with Crippen LogP contribution in [0.3, 0.4) is 0 Å². The van der Waals surface area contributed by atoms with Crippen LogP contribution in [0.4, 0.5) is 5.95 Å². The number of anilines is 1. The van der Waals surface area contributed by atoms with Crippen molar-refractivity contribution >= 4 is 5.95 Å². The number of nitrogens with zero attached hydrogens (tertiary/aromatic N) is 5. The zero-order chi connectivity index (χ0) is 10.7. The van der Waals surface area contributed by atoms with Gasteiger partial charge in [0.05, 0.1) is 6.04 Å². The number of H-pyrrole nitrogens is 1. The summed E-state index contributed by atoms with van der Waals surface area (Å²) in [4.78, 5) is 8.24. The van der Waals surface area contributed by atoms with Crippen molar-refractivity contribution in [3.63, 3.8) is 0 Å². The lowest BCUT2D eigenvalue weighted by molar-refractivity contribution is 0.780. The molecule has 0 bridgehead atoms. The summed E-state index contributed by atoms with van der Waals surface area (Å²) < 4.78 is 0. The van der Waals surface area contributed by atoms with Crippen molar-refractivity contribution in [3.8, 4) is 0 Å². The second-order valence-corrected chi connectivity index (χ2v) is 3.22. The molecule has 2 rings (SSSR count). The van der Waals surface area contributed by atoms with Crippen molar-refractivity contribution in [1.29, 1.82) is 0 Å². The maximum absolute atomic E-state index is 4.12. The van der Waals surface area contributed by atoms with Gasteiger partial charge >= 0.3 is 0 Å². The van der Waals surface area contributed by atoms with Crippen molar-refractivity contribution in [2.24, 2.45) is 0 Å². The Labute approximate surface area is 86.3 Å². The summed E-state index contributed by atoms with van der Waals surface area (Å²) >= 11 is 0. The Bertz CT molecular complexity index is 407. The van der Waals surface area contributed by atoms with Gasteiger partial charge in [0.25, 0.3) is 0 Å². The van der Waals surface area contributed by atoms with E-state index in [1.807, 2.05) is 13.8 Å². The fourth-order valence-electron chi connectivity index (χ4n) is 1.08. The number of tetrazole rings is 1. The first-order chi connectivity index (χ1) is 7.25. The highest BCUT2D eigenvalue weighted by Gasteiger charge is 2.10. The highest BCUT2D eigenvalue weighted by molar-refractivity contribution is 5.26. The van der Waals surface area contributed by atoms with Gasteiger partial charge in [-0.1, -0.05) is 5.21 Å². The van der Waals surface area contributed by atoms with Gasteiger partial charge in [-0.2, -0.15) is 5.21 Å². The number of aromatic amines is 1. The predicted molar refractivity (Wildman–Crippen MR) is 53.0 cm³/mol. The Morgan fingerprint density at radius 1 is 1.33 bits per heavy atom. The van der Waals surface area contributed by atoms with Crippen molar-refractivity contribution in [1.82, 2.24) is 30.6 Å². The minimum Gasteiger partial charge on any atom is -0.344 e. The lowest BCUT2D eigenvalue weighted by Gasteiger charge is -2.08. The van der Waals surface area contributed by atoms with E-state index in [4.69, 9.17) is 0 Å². The average molecular weight is 205 g/mol. The first-order valence-electron chi connectivity index (χ1n) is 4.54. The monoisotopic (exact) mass is 205 g/mol. The molecular formula is C8H11N7. The van der Waals surface area contributed by atoms with Crippen molar-refractivity contribution in [2.75, 3.05) is 5.32 Å². The molecule has 0 saturated heterocycles. The number of aryl methyl sites for hydroxylation is 1. The zero-order valence-corrected chi connectivity index (χ0v) is 8.47. The van der Waals surface area contributed by atoms with Crippen LogP contribution in [-0.2, 0) is 0 Å². The molecule has 0 saturated carbocycles. The molecule has 0 aliphatic rings. The second kappa shape index (κ2) is 3.99. The fraction of sp³-hybridized carbons (Fsp3) is 0.375. The van der Waals surface area contributed by atoms with Gasteiger partial charge in [0.15, 0.2) is 5.82 Å². The normalized spacial score (nSPS) is 12.4. The summed E-state index contributed by atoms with van der Waals surface area (Å²) in [5.74, 6) is 1.14. The maximum atomic E-state index is 4.12. The quantitative estimate of drug-likeness (QED) is 0.756. The molecule has 0 aliphatic carbocycles. The van der Waals surface area contributed by atoms with Crippen LogP contribution >= 0.6 is 0 Å². The lowest BCUT2D eigenvalue weighted by Crippen LogP contribution is -2.10. The van der Waals surface area contributed by atoms with Crippen molar-refractivity contribution in [2.45, 2.75) is 19.9 Å². The lowest BCUT2D eigenvalue weighted by atomic mass is 10.3. The molecule has 7 nitrogen and oxygen atoms in total. The molecule has 0 aliphatic heterocycles. The molecule has 78 valence electrons. The summed E-state index contributed by atoms with van der Waals surface area (Å²) in [6, 6.07) is -0.0774. The Hall–Kier alpha value is -2.05. The van der Waals surface area contributed by atoms with E-state index >= 15 is 0 Å². The summed E-state index contributed by atoms with van der Waals surface area (Å²) in [5, 5.41) is 16.7. The number of hydrogen-bond acceptors (Lipinski definition) is 6. The molecule has 2 N–H and O–H groups in total. The van der Waals surface area contributed by atoms with E-state index in [1.54, 1.807) is 12.4 Å². The SMILES string of the molecule is Cc1cnc(NC(C)c2nn[nH]n2)nc1. The topological polar surface area (TPSA) is 92.3 Å². The first kappa shape index (κ1) is 9.50. The van der Waals surface area contributed by atoms with E-state index in [9.17, 15) is 0 Å². The van der Waals surface area contributed by atoms with Crippen LogP contribution in [0.1, 0.15) is 24.4 Å². The predicted octanol–water partition coefficient (Wildman–Crippen LogP) is 0.471. The van der Waals surface area contributed by atoms with Crippen LogP contribution in [0.15, 0.2) is 12.4 Å². The van der Waals surface area contributed by atoms with Crippen molar-refractivity contribution < 1.29 is 0 Å².